The van der Waals surface area contributed by atoms with Crippen molar-refractivity contribution in [1.29, 1.82) is 0 Å². The van der Waals surface area contributed by atoms with Gasteiger partial charge in [-0.15, -0.1) is 0 Å². The fourth-order valence-corrected chi connectivity index (χ4v) is 10.5. The third-order valence-electron chi connectivity index (χ3n) is 14.8. The van der Waals surface area contributed by atoms with E-state index in [1.54, 1.807) is 0 Å². The quantitative estimate of drug-likeness (QED) is 0.0197. The normalized spacial score (nSPS) is 13.3. The van der Waals surface area contributed by atoms with Crippen LogP contribution >= 0.6 is 7.82 Å². The second-order valence-electron chi connectivity index (χ2n) is 22.6. The minimum Gasteiger partial charge on any atom is -0.462 e. The SMILES string of the molecule is CCCCCCCC/C=C\CCCCCCCCCCCC(=O)OCC(COP(=O)(O)OCC(CO)OC(=O)CCCCCCCCCCCCCCC)OC(=O)CCCCCCCCCCC/C=C\CCCCCCCC. The highest BCUT2D eigenvalue weighted by Gasteiger charge is 2.28. The lowest BCUT2D eigenvalue weighted by molar-refractivity contribution is -0.161. The van der Waals surface area contributed by atoms with E-state index in [1.807, 2.05) is 0 Å². The van der Waals surface area contributed by atoms with E-state index in [2.05, 4.69) is 45.1 Å². The van der Waals surface area contributed by atoms with Crippen LogP contribution in [0.25, 0.3) is 0 Å². The summed E-state index contributed by atoms with van der Waals surface area (Å²) in [5, 5.41) is 9.84. The Balaban J connectivity index is 4.66. The van der Waals surface area contributed by atoms with E-state index in [4.69, 9.17) is 23.3 Å². The van der Waals surface area contributed by atoms with Gasteiger partial charge in [0.15, 0.2) is 6.10 Å². The molecule has 78 heavy (non-hydrogen) atoms. The topological polar surface area (TPSA) is 155 Å². The van der Waals surface area contributed by atoms with Gasteiger partial charge in [-0.3, -0.25) is 23.4 Å². The summed E-state index contributed by atoms with van der Waals surface area (Å²) in [6.45, 7) is 4.71. The standard InChI is InChI=1S/C66H125O11P/c1-4-7-10-13-16-19-22-25-27-29-31-33-35-38-40-43-46-49-52-55-64(68)73-59-63(77-66(70)57-54-51-48-45-42-39-36-34-32-30-28-26-23-20-17-14-11-8-5-2)61-75-78(71,72)74-60-62(58-67)76-65(69)56-53-50-47-44-41-37-24-21-18-15-12-9-6-3/h25-28,62-63,67H,4-24,29-61H2,1-3H3,(H,71,72)/b27-25-,28-26-. The van der Waals surface area contributed by atoms with Gasteiger partial charge in [0.2, 0.25) is 0 Å². The summed E-state index contributed by atoms with van der Waals surface area (Å²) in [6, 6.07) is 0. The predicted molar refractivity (Wildman–Crippen MR) is 326 cm³/mol. The van der Waals surface area contributed by atoms with Crippen molar-refractivity contribution in [1.82, 2.24) is 0 Å². The molecule has 0 bridgehead atoms. The van der Waals surface area contributed by atoms with Gasteiger partial charge < -0.3 is 24.2 Å². The molecule has 0 aliphatic carbocycles. The highest BCUT2D eigenvalue weighted by molar-refractivity contribution is 7.47. The van der Waals surface area contributed by atoms with Gasteiger partial charge in [0.25, 0.3) is 0 Å². The Bertz CT molecular complexity index is 1400. The first-order valence-electron chi connectivity index (χ1n) is 33.2. The predicted octanol–water partition coefficient (Wildman–Crippen LogP) is 20.2. The molecule has 0 heterocycles. The van der Waals surface area contributed by atoms with Crippen LogP contribution in [0.1, 0.15) is 342 Å². The molecule has 0 aliphatic rings. The van der Waals surface area contributed by atoms with Crippen LogP contribution in [-0.4, -0.2) is 66.5 Å². The Hall–Kier alpha value is -2.04. The summed E-state index contributed by atoms with van der Waals surface area (Å²) in [5.41, 5.74) is 0. The van der Waals surface area contributed by atoms with Crippen molar-refractivity contribution in [3.63, 3.8) is 0 Å². The molecule has 0 amide bonds. The van der Waals surface area contributed by atoms with Crippen molar-refractivity contribution in [2.75, 3.05) is 26.4 Å². The number of aliphatic hydroxyl groups is 1. The molecule has 0 aromatic heterocycles. The van der Waals surface area contributed by atoms with E-state index in [9.17, 15) is 28.9 Å². The number of esters is 3. The number of rotatable bonds is 63. The fourth-order valence-electron chi connectivity index (χ4n) is 9.76. The monoisotopic (exact) mass is 1120 g/mol. The summed E-state index contributed by atoms with van der Waals surface area (Å²) in [7, 11) is -4.75. The number of ether oxygens (including phenoxy) is 3. The maximum absolute atomic E-state index is 13.0. The first-order valence-corrected chi connectivity index (χ1v) is 34.7. The van der Waals surface area contributed by atoms with E-state index in [0.29, 0.717) is 19.3 Å². The molecule has 3 unspecified atom stereocenters. The minimum absolute atomic E-state index is 0.170. The molecule has 12 heteroatoms. The van der Waals surface area contributed by atoms with E-state index in [-0.39, 0.29) is 25.9 Å². The zero-order valence-electron chi connectivity index (χ0n) is 51.2. The lowest BCUT2D eigenvalue weighted by atomic mass is 10.0. The maximum Gasteiger partial charge on any atom is 0.472 e. The number of carbonyl (C=O) groups is 3. The molecule has 460 valence electrons. The highest BCUT2D eigenvalue weighted by Crippen LogP contribution is 2.43. The number of phosphoric ester groups is 1. The number of carbonyl (C=O) groups excluding carboxylic acids is 3. The Morgan fingerprint density at radius 1 is 0.346 bits per heavy atom. The Morgan fingerprint density at radius 3 is 0.885 bits per heavy atom. The molecule has 0 aromatic rings. The lowest BCUT2D eigenvalue weighted by Crippen LogP contribution is -2.30. The van der Waals surface area contributed by atoms with Crippen LogP contribution < -0.4 is 0 Å². The zero-order chi connectivity index (χ0) is 56.9. The van der Waals surface area contributed by atoms with Gasteiger partial charge in [0.1, 0.15) is 12.7 Å². The third kappa shape index (κ3) is 58.6. The second kappa shape index (κ2) is 61.0. The molecule has 0 radical (unpaired) electrons. The third-order valence-corrected chi connectivity index (χ3v) is 15.8. The number of phosphoric acid groups is 1. The largest absolute Gasteiger partial charge is 0.472 e. The number of hydrogen-bond donors (Lipinski definition) is 2. The molecule has 0 rings (SSSR count). The number of allylic oxidation sites excluding steroid dienone is 4. The van der Waals surface area contributed by atoms with Crippen LogP contribution in [0.2, 0.25) is 0 Å². The van der Waals surface area contributed by atoms with Crippen molar-refractivity contribution in [3.8, 4) is 0 Å². The molecule has 2 N–H and O–H groups in total. The van der Waals surface area contributed by atoms with Gasteiger partial charge in [-0.25, -0.2) is 4.57 Å². The molecule has 0 saturated carbocycles. The van der Waals surface area contributed by atoms with Crippen LogP contribution in [-0.2, 0) is 42.2 Å². The maximum atomic E-state index is 13.0. The van der Waals surface area contributed by atoms with Gasteiger partial charge in [0.05, 0.1) is 19.8 Å². The van der Waals surface area contributed by atoms with Crippen molar-refractivity contribution in [2.24, 2.45) is 0 Å². The molecule has 0 saturated heterocycles. The van der Waals surface area contributed by atoms with Crippen molar-refractivity contribution in [3.05, 3.63) is 24.3 Å². The second-order valence-corrected chi connectivity index (χ2v) is 24.1. The Labute approximate surface area is 480 Å². The number of aliphatic hydroxyl groups excluding tert-OH is 1. The van der Waals surface area contributed by atoms with Gasteiger partial charge in [-0.1, -0.05) is 276 Å². The Morgan fingerprint density at radius 2 is 0.590 bits per heavy atom. The van der Waals surface area contributed by atoms with Gasteiger partial charge in [0, 0.05) is 19.3 Å². The molecule has 0 aliphatic heterocycles. The van der Waals surface area contributed by atoms with Crippen LogP contribution in [0.4, 0.5) is 0 Å². The summed E-state index contributed by atoms with van der Waals surface area (Å²) in [6.07, 6.45) is 64.1. The highest BCUT2D eigenvalue weighted by atomic mass is 31.2. The van der Waals surface area contributed by atoms with Crippen molar-refractivity contribution in [2.45, 2.75) is 354 Å². The van der Waals surface area contributed by atoms with E-state index < -0.39 is 57.8 Å². The molecule has 11 nitrogen and oxygen atoms in total. The van der Waals surface area contributed by atoms with Gasteiger partial charge >= 0.3 is 25.7 Å². The van der Waals surface area contributed by atoms with Crippen LogP contribution in [0.5, 0.6) is 0 Å². The van der Waals surface area contributed by atoms with E-state index in [0.717, 1.165) is 57.8 Å². The molecule has 0 fully saturated rings. The summed E-state index contributed by atoms with van der Waals surface area (Å²) in [5.74, 6) is -1.44. The van der Waals surface area contributed by atoms with E-state index in [1.165, 1.54) is 225 Å². The first kappa shape index (κ1) is 76.0. The molecule has 0 spiro atoms. The molecular formula is C66H125O11P. The van der Waals surface area contributed by atoms with Gasteiger partial charge in [-0.2, -0.15) is 0 Å². The molecule has 3 atom stereocenters. The number of hydrogen-bond acceptors (Lipinski definition) is 10. The zero-order valence-corrected chi connectivity index (χ0v) is 52.1. The smallest absolute Gasteiger partial charge is 0.462 e. The number of unbranched alkanes of at least 4 members (excludes halogenated alkanes) is 42. The lowest BCUT2D eigenvalue weighted by Gasteiger charge is -2.21. The van der Waals surface area contributed by atoms with Crippen LogP contribution in [0.3, 0.4) is 0 Å². The van der Waals surface area contributed by atoms with Crippen LogP contribution in [0.15, 0.2) is 24.3 Å². The van der Waals surface area contributed by atoms with E-state index >= 15 is 0 Å². The first-order chi connectivity index (χ1) is 38.2. The van der Waals surface area contributed by atoms with Gasteiger partial charge in [-0.05, 0) is 70.6 Å². The average Bonchev–Trinajstić information content (AvgIpc) is 3.43. The minimum atomic E-state index is -4.75. The summed E-state index contributed by atoms with van der Waals surface area (Å²) in [4.78, 5) is 48.8. The molecular weight excluding hydrogens is 1000 g/mol. The fraction of sp³-hybridized carbons (Fsp3) is 0.894. The van der Waals surface area contributed by atoms with Crippen molar-refractivity contribution >= 4 is 25.7 Å². The summed E-state index contributed by atoms with van der Waals surface area (Å²) >= 11 is 0. The average molecular weight is 1130 g/mol. The Kier molecular flexibility index (Phi) is 59.4. The molecule has 0 aromatic carbocycles. The van der Waals surface area contributed by atoms with Crippen molar-refractivity contribution < 1.29 is 52.2 Å². The van der Waals surface area contributed by atoms with Crippen LogP contribution in [0, 0.1) is 0 Å². The summed E-state index contributed by atoms with van der Waals surface area (Å²) < 4.78 is 39.7.